The molecule has 0 N–H and O–H groups in total. The third-order valence-electron chi connectivity index (χ3n) is 6.97. The number of esters is 4. The smallest absolute Gasteiger partial charge is 0.343 e. The number of hydrogen-bond acceptors (Lipinski definition) is 10. The van der Waals surface area contributed by atoms with Gasteiger partial charge in [-0.1, -0.05) is 13.8 Å². The molecule has 0 amide bonds. The maximum atomic E-state index is 12.7. The van der Waals surface area contributed by atoms with Gasteiger partial charge in [-0.2, -0.15) is 0 Å². The molecule has 0 radical (unpaired) electrons. The summed E-state index contributed by atoms with van der Waals surface area (Å²) in [5.41, 5.74) is 1.16. The Balaban J connectivity index is 1.23. The van der Waals surface area contributed by atoms with E-state index in [1.54, 1.807) is 62.4 Å². The highest BCUT2D eigenvalue weighted by atomic mass is 16.6. The average molecular weight is 655 g/mol. The van der Waals surface area contributed by atoms with Crippen LogP contribution in [0.25, 0.3) is 0 Å². The van der Waals surface area contributed by atoms with Crippen molar-refractivity contribution in [3.8, 4) is 23.0 Å². The lowest BCUT2D eigenvalue weighted by Gasteiger charge is -2.21. The first-order valence-corrected chi connectivity index (χ1v) is 15.7. The summed E-state index contributed by atoms with van der Waals surface area (Å²) in [6.45, 7) is 8.40. The fraction of sp³-hybridized carbons (Fsp3) is 0.263. The molecule has 4 aromatic rings. The van der Waals surface area contributed by atoms with Gasteiger partial charge in [0.2, 0.25) is 0 Å². The van der Waals surface area contributed by atoms with Gasteiger partial charge in [0.05, 0.1) is 35.5 Å². The lowest BCUT2D eigenvalue weighted by Crippen LogP contribution is -2.30. The first-order valence-electron chi connectivity index (χ1n) is 15.7. The Morgan fingerprint density at radius 3 is 1.00 bits per heavy atom. The zero-order chi connectivity index (χ0) is 34.5. The van der Waals surface area contributed by atoms with Crippen LogP contribution in [0.3, 0.4) is 0 Å². The minimum Gasteiger partial charge on any atom is -0.494 e. The minimum atomic E-state index is -0.776. The second-order valence-electron chi connectivity index (χ2n) is 10.8. The zero-order valence-corrected chi connectivity index (χ0v) is 27.3. The second kappa shape index (κ2) is 17.3. The predicted octanol–water partition coefficient (Wildman–Crippen LogP) is 7.49. The Bertz CT molecular complexity index is 1530. The summed E-state index contributed by atoms with van der Waals surface area (Å²) in [6, 6.07) is 25.1. The SMILES string of the molecule is CCCOc1ccc(C(=O)Oc2ccc(C(=O)OC(C)C(C)OC(=O)c3ccc(OC(=O)c4ccc(OCCC)cc4)cc3)cc2)cc1. The molecule has 0 aromatic heterocycles. The van der Waals surface area contributed by atoms with Gasteiger partial charge in [0.15, 0.2) is 0 Å². The zero-order valence-electron chi connectivity index (χ0n) is 27.3. The van der Waals surface area contributed by atoms with Crippen LogP contribution in [0, 0.1) is 0 Å². The molecule has 0 aliphatic carbocycles. The number of ether oxygens (including phenoxy) is 6. The summed E-state index contributed by atoms with van der Waals surface area (Å²) in [6.07, 6.45) is 0.206. The molecule has 2 atom stereocenters. The van der Waals surface area contributed by atoms with Gasteiger partial charge in [0.1, 0.15) is 35.2 Å². The van der Waals surface area contributed by atoms with Crippen LogP contribution in [0.4, 0.5) is 0 Å². The van der Waals surface area contributed by atoms with Gasteiger partial charge < -0.3 is 28.4 Å². The van der Waals surface area contributed by atoms with Crippen LogP contribution in [-0.2, 0) is 9.47 Å². The Hall–Kier alpha value is -5.64. The van der Waals surface area contributed by atoms with E-state index in [9.17, 15) is 19.2 Å². The van der Waals surface area contributed by atoms with Gasteiger partial charge in [0.25, 0.3) is 0 Å². The van der Waals surface area contributed by atoms with Gasteiger partial charge in [0, 0.05) is 0 Å². The molecule has 0 aliphatic rings. The van der Waals surface area contributed by atoms with Crippen molar-refractivity contribution in [1.29, 1.82) is 0 Å². The van der Waals surface area contributed by atoms with Crippen LogP contribution in [0.2, 0.25) is 0 Å². The summed E-state index contributed by atoms with van der Waals surface area (Å²) in [7, 11) is 0. The second-order valence-corrected chi connectivity index (χ2v) is 10.8. The number of hydrogen-bond donors (Lipinski definition) is 0. The monoisotopic (exact) mass is 654 g/mol. The van der Waals surface area contributed by atoms with E-state index in [1.165, 1.54) is 48.5 Å². The highest BCUT2D eigenvalue weighted by Gasteiger charge is 2.23. The van der Waals surface area contributed by atoms with E-state index in [2.05, 4.69) is 0 Å². The number of rotatable bonds is 15. The Morgan fingerprint density at radius 2 is 0.708 bits per heavy atom. The highest BCUT2D eigenvalue weighted by molar-refractivity contribution is 5.93. The fourth-order valence-electron chi connectivity index (χ4n) is 4.13. The van der Waals surface area contributed by atoms with Crippen molar-refractivity contribution in [2.24, 2.45) is 0 Å². The quantitative estimate of drug-likeness (QED) is 0.0941. The molecule has 0 fully saturated rings. The predicted molar refractivity (Wildman–Crippen MR) is 177 cm³/mol. The van der Waals surface area contributed by atoms with Crippen molar-refractivity contribution in [2.75, 3.05) is 13.2 Å². The molecule has 0 aliphatic heterocycles. The summed E-state index contributed by atoms with van der Waals surface area (Å²) in [5.74, 6) is -0.533. The average Bonchev–Trinajstić information content (AvgIpc) is 3.10. The summed E-state index contributed by atoms with van der Waals surface area (Å²) in [4.78, 5) is 50.5. The molecular weight excluding hydrogens is 616 g/mol. The van der Waals surface area contributed by atoms with E-state index in [0.29, 0.717) is 35.8 Å². The van der Waals surface area contributed by atoms with E-state index in [-0.39, 0.29) is 22.6 Å². The van der Waals surface area contributed by atoms with Crippen molar-refractivity contribution < 1.29 is 47.6 Å². The van der Waals surface area contributed by atoms with Crippen molar-refractivity contribution in [2.45, 2.75) is 52.7 Å². The van der Waals surface area contributed by atoms with E-state index >= 15 is 0 Å². The molecule has 0 saturated carbocycles. The van der Waals surface area contributed by atoms with E-state index in [0.717, 1.165) is 12.8 Å². The van der Waals surface area contributed by atoms with Crippen molar-refractivity contribution >= 4 is 23.9 Å². The Morgan fingerprint density at radius 1 is 0.438 bits per heavy atom. The number of carbonyl (C=O) groups excluding carboxylic acids is 4. The van der Waals surface area contributed by atoms with Gasteiger partial charge in [-0.3, -0.25) is 0 Å². The third kappa shape index (κ3) is 10.2. The van der Waals surface area contributed by atoms with E-state index < -0.39 is 36.1 Å². The maximum Gasteiger partial charge on any atom is 0.343 e. The summed E-state index contributed by atoms with van der Waals surface area (Å²) < 4.78 is 32.8. The fourth-order valence-corrected chi connectivity index (χ4v) is 4.13. The topological polar surface area (TPSA) is 124 Å². The maximum absolute atomic E-state index is 12.7. The van der Waals surface area contributed by atoms with Crippen LogP contribution in [0.5, 0.6) is 23.0 Å². The standard InChI is InChI=1S/C38H38O10/c1-5-23-43-31-15-7-29(8-16-31)37(41)47-33-19-11-27(12-20-33)35(39)45-25(3)26(4)46-36(40)28-13-21-34(22-14-28)48-38(42)30-9-17-32(18-10-30)44-24-6-2/h7-22,25-26H,5-6,23-24H2,1-4H3. The molecular formula is C38H38O10. The highest BCUT2D eigenvalue weighted by Crippen LogP contribution is 2.20. The Kier molecular flexibility index (Phi) is 12.7. The number of benzene rings is 4. The molecule has 10 heteroatoms. The van der Waals surface area contributed by atoms with Crippen molar-refractivity contribution in [3.05, 3.63) is 119 Å². The van der Waals surface area contributed by atoms with Gasteiger partial charge >= 0.3 is 23.9 Å². The van der Waals surface area contributed by atoms with Gasteiger partial charge in [-0.25, -0.2) is 19.2 Å². The summed E-state index contributed by atoms with van der Waals surface area (Å²) in [5, 5.41) is 0. The van der Waals surface area contributed by atoms with Gasteiger partial charge in [-0.15, -0.1) is 0 Å². The lowest BCUT2D eigenvalue weighted by atomic mass is 10.2. The molecule has 250 valence electrons. The minimum absolute atomic E-state index is 0.225. The molecule has 0 saturated heterocycles. The van der Waals surface area contributed by atoms with Crippen molar-refractivity contribution in [1.82, 2.24) is 0 Å². The molecule has 0 bridgehead atoms. The van der Waals surface area contributed by atoms with Crippen molar-refractivity contribution in [3.63, 3.8) is 0 Å². The van der Waals surface area contributed by atoms with Crippen LogP contribution in [0.15, 0.2) is 97.1 Å². The van der Waals surface area contributed by atoms with Crippen LogP contribution in [-0.4, -0.2) is 49.3 Å². The first kappa shape index (κ1) is 35.2. The molecule has 4 aromatic carbocycles. The lowest BCUT2D eigenvalue weighted by molar-refractivity contribution is -0.0239. The van der Waals surface area contributed by atoms with E-state index in [4.69, 9.17) is 28.4 Å². The van der Waals surface area contributed by atoms with E-state index in [1.807, 2.05) is 13.8 Å². The Labute approximate surface area is 279 Å². The van der Waals surface area contributed by atoms with Gasteiger partial charge in [-0.05, 0) is 124 Å². The van der Waals surface area contributed by atoms with Crippen LogP contribution < -0.4 is 18.9 Å². The largest absolute Gasteiger partial charge is 0.494 e. The molecule has 2 unspecified atom stereocenters. The molecule has 10 nitrogen and oxygen atoms in total. The summed E-state index contributed by atoms with van der Waals surface area (Å²) >= 11 is 0. The van der Waals surface area contributed by atoms with Crippen LogP contribution >= 0.6 is 0 Å². The first-order chi connectivity index (χ1) is 23.2. The molecule has 48 heavy (non-hydrogen) atoms. The third-order valence-corrected chi connectivity index (χ3v) is 6.97. The van der Waals surface area contributed by atoms with Crippen LogP contribution in [0.1, 0.15) is 82.0 Å². The number of carbonyl (C=O) groups is 4. The normalized spacial score (nSPS) is 11.8. The molecule has 4 rings (SSSR count). The molecule has 0 spiro atoms. The molecule has 0 heterocycles.